The standard InChI is InChI=1S/C22H24N2O3/c1-15-14-16(2)24-21(23-15)27-19(20(25)26)22(3,17-10-6-4-7-11-17)18-12-8-5-9-13-18/h4-13,15,19H,14H2,1-3H3,(H,25,26)/t15?,19-/m1/s1. The molecular weight excluding hydrogens is 340 g/mol. The van der Waals surface area contributed by atoms with Crippen LogP contribution in [0.3, 0.4) is 0 Å². The topological polar surface area (TPSA) is 71.2 Å². The van der Waals surface area contributed by atoms with Crippen LogP contribution in [0.25, 0.3) is 0 Å². The second kappa shape index (κ2) is 7.74. The minimum Gasteiger partial charge on any atom is -0.478 e. The fourth-order valence-corrected chi connectivity index (χ4v) is 3.52. The Morgan fingerprint density at radius 1 is 1.11 bits per heavy atom. The summed E-state index contributed by atoms with van der Waals surface area (Å²) < 4.78 is 5.93. The number of carboxylic acid groups (broad SMARTS) is 1. The van der Waals surface area contributed by atoms with Gasteiger partial charge in [-0.2, -0.15) is 0 Å². The van der Waals surface area contributed by atoms with Crippen LogP contribution >= 0.6 is 0 Å². The summed E-state index contributed by atoms with van der Waals surface area (Å²) in [5.74, 6) is -1.06. The molecule has 0 saturated carbocycles. The number of amidine groups is 1. The molecule has 5 nitrogen and oxygen atoms in total. The Morgan fingerprint density at radius 2 is 1.63 bits per heavy atom. The summed E-state index contributed by atoms with van der Waals surface area (Å²) in [5, 5.41) is 10.1. The van der Waals surface area contributed by atoms with Gasteiger partial charge in [0.1, 0.15) is 0 Å². The van der Waals surface area contributed by atoms with Crippen molar-refractivity contribution in [3.63, 3.8) is 0 Å². The molecule has 1 aliphatic heterocycles. The van der Waals surface area contributed by atoms with E-state index in [1.54, 1.807) is 0 Å². The molecular formula is C22H24N2O3. The zero-order valence-corrected chi connectivity index (χ0v) is 15.8. The maximum atomic E-state index is 12.3. The average Bonchev–Trinajstić information content (AvgIpc) is 2.66. The average molecular weight is 364 g/mol. The lowest BCUT2D eigenvalue weighted by molar-refractivity contribution is -0.148. The van der Waals surface area contributed by atoms with Gasteiger partial charge in [-0.1, -0.05) is 60.7 Å². The van der Waals surface area contributed by atoms with Gasteiger partial charge in [-0.05, 0) is 31.9 Å². The molecule has 2 aromatic rings. The van der Waals surface area contributed by atoms with Gasteiger partial charge in [0.05, 0.1) is 11.5 Å². The van der Waals surface area contributed by atoms with Gasteiger partial charge < -0.3 is 9.84 Å². The predicted molar refractivity (Wildman–Crippen MR) is 106 cm³/mol. The molecule has 1 unspecified atom stereocenters. The number of carbonyl (C=O) groups is 1. The van der Waals surface area contributed by atoms with Crippen LogP contribution < -0.4 is 0 Å². The number of nitrogens with zero attached hydrogens (tertiary/aromatic N) is 2. The molecule has 0 bridgehead atoms. The normalized spacial score (nSPS) is 18.3. The molecule has 0 amide bonds. The molecule has 140 valence electrons. The van der Waals surface area contributed by atoms with Gasteiger partial charge in [0.2, 0.25) is 6.10 Å². The molecule has 1 heterocycles. The lowest BCUT2D eigenvalue weighted by Crippen LogP contribution is -2.46. The zero-order valence-electron chi connectivity index (χ0n) is 15.8. The SMILES string of the molecule is CC1=NC(O[C@H](C(=O)O)C(C)(c2ccccc2)c2ccccc2)=NC(C)C1. The first-order valence-electron chi connectivity index (χ1n) is 9.03. The number of aliphatic imine (C=N–C) groups is 2. The van der Waals surface area contributed by atoms with Crippen LogP contribution in [0.1, 0.15) is 38.3 Å². The van der Waals surface area contributed by atoms with Gasteiger partial charge in [0.15, 0.2) is 0 Å². The highest BCUT2D eigenvalue weighted by atomic mass is 16.5. The molecule has 3 rings (SSSR count). The summed E-state index contributed by atoms with van der Waals surface area (Å²) >= 11 is 0. The van der Waals surface area contributed by atoms with Crippen molar-refractivity contribution in [3.8, 4) is 0 Å². The highest BCUT2D eigenvalue weighted by Gasteiger charge is 2.45. The summed E-state index contributed by atoms with van der Waals surface area (Å²) in [7, 11) is 0. The van der Waals surface area contributed by atoms with Crippen molar-refractivity contribution in [1.82, 2.24) is 0 Å². The Balaban J connectivity index is 2.10. The van der Waals surface area contributed by atoms with Crippen molar-refractivity contribution >= 4 is 17.7 Å². The van der Waals surface area contributed by atoms with E-state index in [4.69, 9.17) is 4.74 Å². The van der Waals surface area contributed by atoms with Crippen molar-refractivity contribution in [3.05, 3.63) is 71.8 Å². The molecule has 0 aromatic heterocycles. The molecule has 0 radical (unpaired) electrons. The van der Waals surface area contributed by atoms with Crippen LogP contribution in [-0.4, -0.2) is 35.0 Å². The molecule has 0 saturated heterocycles. The second-order valence-corrected chi connectivity index (χ2v) is 7.08. The summed E-state index contributed by atoms with van der Waals surface area (Å²) in [6.45, 7) is 5.75. The number of ether oxygens (including phenoxy) is 1. The van der Waals surface area contributed by atoms with E-state index in [-0.39, 0.29) is 12.1 Å². The first kappa shape index (κ1) is 18.8. The molecule has 2 atom stereocenters. The van der Waals surface area contributed by atoms with Crippen molar-refractivity contribution < 1.29 is 14.6 Å². The highest BCUT2D eigenvalue weighted by molar-refractivity contribution is 5.96. The minimum atomic E-state index is -1.18. The lowest BCUT2D eigenvalue weighted by Gasteiger charge is -2.36. The van der Waals surface area contributed by atoms with E-state index in [0.29, 0.717) is 0 Å². The van der Waals surface area contributed by atoms with Crippen molar-refractivity contribution in [1.29, 1.82) is 0 Å². The molecule has 0 fully saturated rings. The smallest absolute Gasteiger partial charge is 0.346 e. The van der Waals surface area contributed by atoms with E-state index in [9.17, 15) is 9.90 Å². The van der Waals surface area contributed by atoms with E-state index < -0.39 is 17.5 Å². The van der Waals surface area contributed by atoms with E-state index in [2.05, 4.69) is 9.98 Å². The summed E-state index contributed by atoms with van der Waals surface area (Å²) in [6, 6.07) is 19.3. The van der Waals surface area contributed by atoms with Crippen LogP contribution in [0.2, 0.25) is 0 Å². The van der Waals surface area contributed by atoms with Gasteiger partial charge in [0, 0.05) is 12.1 Å². The van der Waals surface area contributed by atoms with Crippen molar-refractivity contribution in [2.24, 2.45) is 9.98 Å². The van der Waals surface area contributed by atoms with Gasteiger partial charge in [0.25, 0.3) is 0 Å². The Bertz CT molecular complexity index is 820. The number of benzene rings is 2. The maximum Gasteiger partial charge on any atom is 0.346 e. The Kier molecular flexibility index (Phi) is 5.40. The molecule has 2 aromatic carbocycles. The Morgan fingerprint density at radius 3 is 2.07 bits per heavy atom. The number of hydrogen-bond donors (Lipinski definition) is 1. The van der Waals surface area contributed by atoms with Crippen LogP contribution in [0, 0.1) is 0 Å². The van der Waals surface area contributed by atoms with Crippen molar-refractivity contribution in [2.75, 3.05) is 0 Å². The molecule has 0 aliphatic carbocycles. The predicted octanol–water partition coefficient (Wildman–Crippen LogP) is 4.07. The molecule has 0 spiro atoms. The van der Waals surface area contributed by atoms with Gasteiger partial charge in [-0.25, -0.2) is 14.8 Å². The maximum absolute atomic E-state index is 12.3. The van der Waals surface area contributed by atoms with E-state index in [1.807, 2.05) is 81.4 Å². The van der Waals surface area contributed by atoms with Crippen LogP contribution in [0.5, 0.6) is 0 Å². The highest BCUT2D eigenvalue weighted by Crippen LogP contribution is 2.37. The molecule has 1 aliphatic rings. The fourth-order valence-electron chi connectivity index (χ4n) is 3.52. The fraction of sp³-hybridized carbons (Fsp3) is 0.318. The third-order valence-corrected chi connectivity index (χ3v) is 4.93. The molecule has 1 N–H and O–H groups in total. The largest absolute Gasteiger partial charge is 0.478 e. The summed E-state index contributed by atoms with van der Waals surface area (Å²) in [6.07, 6.45) is -0.429. The second-order valence-electron chi connectivity index (χ2n) is 7.08. The lowest BCUT2D eigenvalue weighted by atomic mass is 9.72. The quantitative estimate of drug-likeness (QED) is 0.869. The molecule has 27 heavy (non-hydrogen) atoms. The van der Waals surface area contributed by atoms with Crippen LogP contribution in [-0.2, 0) is 14.9 Å². The third-order valence-electron chi connectivity index (χ3n) is 4.93. The summed E-state index contributed by atoms with van der Waals surface area (Å²) in [5.41, 5.74) is 1.68. The first-order chi connectivity index (χ1) is 12.9. The number of carboxylic acids is 1. The van der Waals surface area contributed by atoms with Crippen LogP contribution in [0.15, 0.2) is 70.6 Å². The van der Waals surface area contributed by atoms with E-state index in [0.717, 1.165) is 23.3 Å². The number of aliphatic carboxylic acids is 1. The first-order valence-corrected chi connectivity index (χ1v) is 9.03. The van der Waals surface area contributed by atoms with E-state index in [1.165, 1.54) is 0 Å². The minimum absolute atomic E-state index is 0.0200. The number of hydrogen-bond acceptors (Lipinski definition) is 4. The monoisotopic (exact) mass is 364 g/mol. The number of rotatable bonds is 5. The van der Waals surface area contributed by atoms with Crippen molar-refractivity contribution in [2.45, 2.75) is 44.8 Å². The molecule has 5 heteroatoms. The Labute approximate surface area is 159 Å². The Hall–Kier alpha value is -2.95. The van der Waals surface area contributed by atoms with Gasteiger partial charge in [-0.15, -0.1) is 0 Å². The van der Waals surface area contributed by atoms with Gasteiger partial charge >= 0.3 is 12.0 Å². The van der Waals surface area contributed by atoms with E-state index >= 15 is 0 Å². The van der Waals surface area contributed by atoms with Crippen LogP contribution in [0.4, 0.5) is 0 Å². The summed E-state index contributed by atoms with van der Waals surface area (Å²) in [4.78, 5) is 21.0. The third kappa shape index (κ3) is 3.92. The van der Waals surface area contributed by atoms with Gasteiger partial charge in [-0.3, -0.25) is 0 Å². The zero-order chi connectivity index (χ0) is 19.4.